The van der Waals surface area contributed by atoms with Crippen LogP contribution in [0.25, 0.3) is 0 Å². The van der Waals surface area contributed by atoms with Gasteiger partial charge in [0.1, 0.15) is 10.6 Å². The van der Waals surface area contributed by atoms with Gasteiger partial charge >= 0.3 is 11.9 Å². The van der Waals surface area contributed by atoms with Gasteiger partial charge in [-0.05, 0) is 25.8 Å². The molecule has 0 aliphatic heterocycles. The van der Waals surface area contributed by atoms with Gasteiger partial charge in [0.05, 0.1) is 5.41 Å². The molecule has 0 aliphatic rings. The van der Waals surface area contributed by atoms with Crippen LogP contribution in [0.4, 0.5) is 0 Å². The fourth-order valence-electron chi connectivity index (χ4n) is 2.14. The molecule has 124 valence electrons. The van der Waals surface area contributed by atoms with E-state index in [1.165, 1.54) is 13.8 Å². The smallest absolute Gasteiger partial charge is 0.352 e. The molecule has 1 atom stereocenters. The number of aliphatic carboxylic acids is 1. The van der Waals surface area contributed by atoms with E-state index in [2.05, 4.69) is 9.71 Å². The molecule has 0 fully saturated rings. The molecule has 9 heteroatoms. The molecule has 0 amide bonds. The first-order valence-corrected chi connectivity index (χ1v) is 8.05. The highest BCUT2D eigenvalue weighted by molar-refractivity contribution is 7.89. The van der Waals surface area contributed by atoms with Crippen LogP contribution in [0.3, 0.4) is 0 Å². The molecular weight excluding hydrogens is 312 g/mol. The minimum Gasteiger partial charge on any atom is -0.481 e. The summed E-state index contributed by atoms with van der Waals surface area (Å²) in [7, 11) is -4.04. The molecule has 4 N–H and O–H groups in total. The van der Waals surface area contributed by atoms with Crippen LogP contribution in [0, 0.1) is 11.3 Å². The topological polar surface area (TPSA) is 137 Å². The third kappa shape index (κ3) is 3.66. The van der Waals surface area contributed by atoms with Crippen LogP contribution in [0.15, 0.2) is 17.2 Å². The fraction of sp³-hybridized carbons (Fsp3) is 0.538. The predicted molar refractivity (Wildman–Crippen MR) is 78.1 cm³/mol. The van der Waals surface area contributed by atoms with Gasteiger partial charge in [-0.25, -0.2) is 17.9 Å². The van der Waals surface area contributed by atoms with Crippen LogP contribution in [0.1, 0.15) is 38.2 Å². The van der Waals surface area contributed by atoms with Crippen molar-refractivity contribution in [3.63, 3.8) is 0 Å². The standard InChI is InChI=1S/C13H20N2O6S/c1-7(2)10(13(3,4)12(18)19)15-22(20,21)8-5-9(11(16)17)14-6-8/h5-7,10,14-15H,1-4H3,(H,16,17)(H,18,19). The number of carboxylic acid groups (broad SMARTS) is 2. The van der Waals surface area contributed by atoms with Gasteiger partial charge in [-0.2, -0.15) is 0 Å². The van der Waals surface area contributed by atoms with Crippen molar-refractivity contribution < 1.29 is 28.2 Å². The quantitative estimate of drug-likeness (QED) is 0.591. The largest absolute Gasteiger partial charge is 0.481 e. The van der Waals surface area contributed by atoms with E-state index in [1.54, 1.807) is 13.8 Å². The maximum atomic E-state index is 12.3. The second-order valence-electron chi connectivity index (χ2n) is 5.92. The van der Waals surface area contributed by atoms with E-state index in [1.807, 2.05) is 0 Å². The van der Waals surface area contributed by atoms with E-state index in [9.17, 15) is 23.1 Å². The Kier molecular flexibility index (Phi) is 5.03. The Labute approximate surface area is 128 Å². The molecule has 1 heterocycles. The molecule has 0 aromatic carbocycles. The summed E-state index contributed by atoms with van der Waals surface area (Å²) in [6, 6.07) is 0.119. The molecular formula is C13H20N2O6S. The number of carboxylic acids is 2. The van der Waals surface area contributed by atoms with Gasteiger partial charge in [-0.15, -0.1) is 0 Å². The van der Waals surface area contributed by atoms with E-state index in [-0.39, 0.29) is 16.5 Å². The monoisotopic (exact) mass is 332 g/mol. The minimum absolute atomic E-state index is 0.253. The van der Waals surface area contributed by atoms with Crippen LogP contribution in [0.5, 0.6) is 0 Å². The van der Waals surface area contributed by atoms with Crippen molar-refractivity contribution in [1.82, 2.24) is 9.71 Å². The van der Waals surface area contributed by atoms with Crippen molar-refractivity contribution in [2.45, 2.75) is 38.6 Å². The molecule has 0 radical (unpaired) electrons. The lowest BCUT2D eigenvalue weighted by Gasteiger charge is -2.33. The normalized spacial score (nSPS) is 14.0. The molecule has 1 rings (SSSR count). The molecule has 22 heavy (non-hydrogen) atoms. The van der Waals surface area contributed by atoms with Crippen LogP contribution in [-0.2, 0) is 14.8 Å². The number of aromatic carboxylic acids is 1. The number of aromatic nitrogens is 1. The molecule has 1 aromatic rings. The zero-order valence-corrected chi connectivity index (χ0v) is 13.6. The van der Waals surface area contributed by atoms with Crippen LogP contribution < -0.4 is 4.72 Å². The Bertz CT molecular complexity index is 674. The van der Waals surface area contributed by atoms with Gasteiger partial charge in [-0.1, -0.05) is 13.8 Å². The number of nitrogens with one attached hydrogen (secondary N) is 2. The van der Waals surface area contributed by atoms with E-state index >= 15 is 0 Å². The van der Waals surface area contributed by atoms with Crippen molar-refractivity contribution >= 4 is 22.0 Å². The van der Waals surface area contributed by atoms with Gasteiger partial charge in [0.15, 0.2) is 0 Å². The summed E-state index contributed by atoms with van der Waals surface area (Å²) in [5.74, 6) is -2.69. The Morgan fingerprint density at radius 1 is 1.27 bits per heavy atom. The van der Waals surface area contributed by atoms with Crippen molar-refractivity contribution in [2.24, 2.45) is 11.3 Å². The van der Waals surface area contributed by atoms with E-state index in [0.717, 1.165) is 12.3 Å². The predicted octanol–water partition coefficient (Wildman–Crippen LogP) is 1.13. The highest BCUT2D eigenvalue weighted by Gasteiger charge is 2.41. The van der Waals surface area contributed by atoms with Crippen molar-refractivity contribution in [1.29, 1.82) is 0 Å². The van der Waals surface area contributed by atoms with Crippen molar-refractivity contribution in [2.75, 3.05) is 0 Å². The number of carbonyl (C=O) groups is 2. The number of aromatic amines is 1. The average Bonchev–Trinajstić information content (AvgIpc) is 2.85. The maximum absolute atomic E-state index is 12.3. The summed E-state index contributed by atoms with van der Waals surface area (Å²) in [6.45, 7) is 6.28. The van der Waals surface area contributed by atoms with Gasteiger partial charge in [0.25, 0.3) is 0 Å². The Hall–Kier alpha value is -1.87. The second kappa shape index (κ2) is 6.09. The highest BCUT2D eigenvalue weighted by Crippen LogP contribution is 2.28. The van der Waals surface area contributed by atoms with Gasteiger partial charge in [-0.3, -0.25) is 4.79 Å². The third-order valence-corrected chi connectivity index (χ3v) is 4.90. The zero-order chi connectivity index (χ0) is 17.3. The van der Waals surface area contributed by atoms with Gasteiger partial charge in [0, 0.05) is 12.2 Å². The zero-order valence-electron chi connectivity index (χ0n) is 12.7. The maximum Gasteiger partial charge on any atom is 0.352 e. The second-order valence-corrected chi connectivity index (χ2v) is 7.64. The Morgan fingerprint density at radius 3 is 2.18 bits per heavy atom. The summed E-state index contributed by atoms with van der Waals surface area (Å²) in [4.78, 5) is 24.2. The van der Waals surface area contributed by atoms with E-state index < -0.39 is 33.4 Å². The van der Waals surface area contributed by atoms with E-state index in [0.29, 0.717) is 0 Å². The summed E-state index contributed by atoms with van der Waals surface area (Å²) >= 11 is 0. The number of sulfonamides is 1. The number of hydrogen-bond acceptors (Lipinski definition) is 4. The first-order valence-electron chi connectivity index (χ1n) is 6.57. The number of rotatable bonds is 7. The lowest BCUT2D eigenvalue weighted by molar-refractivity contribution is -0.149. The Morgan fingerprint density at radius 2 is 1.82 bits per heavy atom. The fourth-order valence-corrected chi connectivity index (χ4v) is 3.66. The SMILES string of the molecule is CC(C)C(NS(=O)(=O)c1c[nH]c(C(=O)O)c1)C(C)(C)C(=O)O. The van der Waals surface area contributed by atoms with Gasteiger partial charge < -0.3 is 15.2 Å². The molecule has 1 unspecified atom stereocenters. The number of hydrogen-bond donors (Lipinski definition) is 4. The van der Waals surface area contributed by atoms with Crippen LogP contribution in [-0.4, -0.2) is 41.6 Å². The molecule has 1 aromatic heterocycles. The van der Waals surface area contributed by atoms with Gasteiger partial charge in [0.2, 0.25) is 10.0 Å². The molecule has 0 saturated carbocycles. The minimum atomic E-state index is -4.04. The summed E-state index contributed by atoms with van der Waals surface area (Å²) < 4.78 is 27.0. The summed E-state index contributed by atoms with van der Waals surface area (Å²) in [6.07, 6.45) is 1.05. The van der Waals surface area contributed by atoms with Crippen molar-refractivity contribution in [3.8, 4) is 0 Å². The van der Waals surface area contributed by atoms with E-state index in [4.69, 9.17) is 5.11 Å². The lowest BCUT2D eigenvalue weighted by Crippen LogP contribution is -2.51. The molecule has 0 aliphatic carbocycles. The van der Waals surface area contributed by atoms with Crippen LogP contribution in [0.2, 0.25) is 0 Å². The number of H-pyrrole nitrogens is 1. The average molecular weight is 332 g/mol. The van der Waals surface area contributed by atoms with Crippen LogP contribution >= 0.6 is 0 Å². The van der Waals surface area contributed by atoms with Crippen molar-refractivity contribution in [3.05, 3.63) is 18.0 Å². The molecule has 0 saturated heterocycles. The molecule has 8 nitrogen and oxygen atoms in total. The summed E-state index contributed by atoms with van der Waals surface area (Å²) in [5, 5.41) is 18.1. The summed E-state index contributed by atoms with van der Waals surface area (Å²) in [5.41, 5.74) is -1.59. The first kappa shape index (κ1) is 18.2. The highest BCUT2D eigenvalue weighted by atomic mass is 32.2. The Balaban J connectivity index is 3.16. The lowest BCUT2D eigenvalue weighted by atomic mass is 9.79. The molecule has 0 spiro atoms. The third-order valence-electron chi connectivity index (χ3n) is 3.47. The first-order chi connectivity index (χ1) is 9.89. The molecule has 0 bridgehead atoms.